The van der Waals surface area contributed by atoms with Crippen LogP contribution in [-0.4, -0.2) is 16.5 Å². The Kier molecular flexibility index (Phi) is 5.49. The van der Waals surface area contributed by atoms with Crippen molar-refractivity contribution < 1.29 is 4.74 Å². The van der Waals surface area contributed by atoms with Crippen LogP contribution in [0.15, 0.2) is 23.7 Å². The Hall–Kier alpha value is -1.46. The molecule has 0 unspecified atom stereocenters. The van der Waals surface area contributed by atoms with Gasteiger partial charge in [0.1, 0.15) is 17.4 Å². The lowest BCUT2D eigenvalue weighted by molar-refractivity contribution is 0.299. The topological polar surface area (TPSA) is 47.0 Å². The van der Waals surface area contributed by atoms with Gasteiger partial charge in [0.2, 0.25) is 0 Å². The Morgan fingerprint density at radius 1 is 1.35 bits per heavy atom. The lowest BCUT2D eigenvalue weighted by atomic mass is 10.2. The molecule has 4 nitrogen and oxygen atoms in total. The monoisotopic (exact) mass is 291 g/mol. The molecule has 0 aliphatic heterocycles. The van der Waals surface area contributed by atoms with Gasteiger partial charge in [0.05, 0.1) is 5.69 Å². The van der Waals surface area contributed by atoms with Crippen LogP contribution in [0.3, 0.4) is 0 Å². The molecule has 0 saturated carbocycles. The summed E-state index contributed by atoms with van der Waals surface area (Å²) in [7, 11) is 0. The lowest BCUT2D eigenvalue weighted by Gasteiger charge is -2.12. The van der Waals surface area contributed by atoms with Gasteiger partial charge in [-0.3, -0.25) is 4.98 Å². The molecule has 0 fully saturated rings. The number of hydrogen-bond acceptors (Lipinski definition) is 5. The highest BCUT2D eigenvalue weighted by Gasteiger charge is 2.07. The minimum Gasteiger partial charge on any atom is -0.484 e. The van der Waals surface area contributed by atoms with Crippen molar-refractivity contribution in [2.75, 3.05) is 6.54 Å². The minimum absolute atomic E-state index is 0.500. The van der Waals surface area contributed by atoms with E-state index >= 15 is 0 Å². The van der Waals surface area contributed by atoms with Gasteiger partial charge in [-0.05, 0) is 31.5 Å². The van der Waals surface area contributed by atoms with Gasteiger partial charge < -0.3 is 10.1 Å². The quantitative estimate of drug-likeness (QED) is 0.851. The molecule has 2 aromatic heterocycles. The van der Waals surface area contributed by atoms with E-state index in [1.54, 1.807) is 17.5 Å². The predicted molar refractivity (Wildman–Crippen MR) is 82.0 cm³/mol. The molecular weight excluding hydrogens is 270 g/mol. The zero-order chi connectivity index (χ0) is 14.4. The maximum atomic E-state index is 5.84. The Labute approximate surface area is 124 Å². The first-order valence-electron chi connectivity index (χ1n) is 6.83. The van der Waals surface area contributed by atoms with Crippen molar-refractivity contribution in [2.24, 2.45) is 5.92 Å². The fraction of sp³-hybridized carbons (Fsp3) is 0.467. The number of rotatable bonds is 7. The molecule has 0 saturated heterocycles. The summed E-state index contributed by atoms with van der Waals surface area (Å²) in [6.45, 7) is 8.58. The first-order valence-corrected chi connectivity index (χ1v) is 7.71. The van der Waals surface area contributed by atoms with Crippen LogP contribution in [0.2, 0.25) is 0 Å². The average Bonchev–Trinajstić information content (AvgIpc) is 2.90. The van der Waals surface area contributed by atoms with Crippen molar-refractivity contribution in [3.63, 3.8) is 0 Å². The van der Waals surface area contributed by atoms with E-state index in [0.29, 0.717) is 12.5 Å². The first kappa shape index (κ1) is 14.9. The highest BCUT2D eigenvalue weighted by Crippen LogP contribution is 2.19. The largest absolute Gasteiger partial charge is 0.484 e. The van der Waals surface area contributed by atoms with Crippen LogP contribution in [0.5, 0.6) is 5.75 Å². The van der Waals surface area contributed by atoms with Gasteiger partial charge in [-0.1, -0.05) is 13.8 Å². The summed E-state index contributed by atoms with van der Waals surface area (Å²) in [6, 6.07) is 3.96. The number of pyridine rings is 1. The highest BCUT2D eigenvalue weighted by molar-refractivity contribution is 7.09. The van der Waals surface area contributed by atoms with Gasteiger partial charge in [-0.15, -0.1) is 11.3 Å². The number of nitrogens with zero attached hydrogens (tertiary/aromatic N) is 2. The van der Waals surface area contributed by atoms with E-state index in [-0.39, 0.29) is 0 Å². The third kappa shape index (κ3) is 4.58. The molecule has 0 aliphatic rings. The number of thiazole rings is 1. The molecule has 0 spiro atoms. The number of nitrogens with one attached hydrogen (secondary N) is 1. The summed E-state index contributed by atoms with van der Waals surface area (Å²) in [5.74, 6) is 1.46. The van der Waals surface area contributed by atoms with Crippen molar-refractivity contribution in [3.05, 3.63) is 40.1 Å². The van der Waals surface area contributed by atoms with Crippen LogP contribution in [-0.2, 0) is 13.2 Å². The van der Waals surface area contributed by atoms with Gasteiger partial charge in [0.15, 0.2) is 0 Å². The third-order valence-electron chi connectivity index (χ3n) is 2.75. The van der Waals surface area contributed by atoms with Gasteiger partial charge in [-0.25, -0.2) is 4.98 Å². The molecule has 108 valence electrons. The van der Waals surface area contributed by atoms with E-state index in [0.717, 1.165) is 35.2 Å². The zero-order valence-corrected chi connectivity index (χ0v) is 13.0. The van der Waals surface area contributed by atoms with Gasteiger partial charge in [-0.2, -0.15) is 0 Å². The number of aromatic nitrogens is 2. The van der Waals surface area contributed by atoms with Crippen LogP contribution < -0.4 is 10.1 Å². The molecule has 0 atom stereocenters. The Morgan fingerprint density at radius 2 is 2.20 bits per heavy atom. The normalized spacial score (nSPS) is 11.0. The van der Waals surface area contributed by atoms with Crippen LogP contribution in [0.4, 0.5) is 0 Å². The molecule has 0 amide bonds. The van der Waals surface area contributed by atoms with Crippen molar-refractivity contribution >= 4 is 11.3 Å². The maximum absolute atomic E-state index is 5.84. The summed E-state index contributed by atoms with van der Waals surface area (Å²) in [6.07, 6.45) is 1.79. The van der Waals surface area contributed by atoms with E-state index in [9.17, 15) is 0 Å². The van der Waals surface area contributed by atoms with E-state index in [1.807, 2.05) is 24.4 Å². The second-order valence-corrected chi connectivity index (χ2v) is 6.12. The summed E-state index contributed by atoms with van der Waals surface area (Å²) in [5, 5.41) is 6.34. The summed E-state index contributed by atoms with van der Waals surface area (Å²) in [5.41, 5.74) is 1.97. The second kappa shape index (κ2) is 7.36. The smallest absolute Gasteiger partial charge is 0.142 e. The van der Waals surface area contributed by atoms with E-state index in [4.69, 9.17) is 4.74 Å². The fourth-order valence-corrected chi connectivity index (χ4v) is 2.33. The summed E-state index contributed by atoms with van der Waals surface area (Å²) < 4.78 is 5.84. The molecule has 20 heavy (non-hydrogen) atoms. The number of hydrogen-bond donors (Lipinski definition) is 1. The Balaban J connectivity index is 1.99. The van der Waals surface area contributed by atoms with Crippen molar-refractivity contribution in [3.8, 4) is 5.75 Å². The van der Waals surface area contributed by atoms with Crippen LogP contribution >= 0.6 is 11.3 Å². The number of ether oxygens (including phenoxy) is 1. The molecule has 0 aromatic carbocycles. The fourth-order valence-electron chi connectivity index (χ4n) is 1.80. The molecule has 0 aliphatic carbocycles. The lowest BCUT2D eigenvalue weighted by Crippen LogP contribution is -2.20. The van der Waals surface area contributed by atoms with Gasteiger partial charge >= 0.3 is 0 Å². The molecule has 2 heterocycles. The highest BCUT2D eigenvalue weighted by atomic mass is 32.1. The van der Waals surface area contributed by atoms with Gasteiger partial charge in [0, 0.05) is 23.8 Å². The van der Waals surface area contributed by atoms with Gasteiger partial charge in [0.25, 0.3) is 0 Å². The second-order valence-electron chi connectivity index (χ2n) is 5.14. The molecule has 1 N–H and O–H groups in total. The molecule has 0 radical (unpaired) electrons. The number of aryl methyl sites for hydroxylation is 1. The standard InChI is InChI=1S/C15H21N3OS/c1-11(2)8-16-9-13-14(5-4-12(3)18-13)19-10-15-17-6-7-20-15/h4-7,11,16H,8-10H2,1-3H3. The van der Waals surface area contributed by atoms with Crippen LogP contribution in [0, 0.1) is 12.8 Å². The van der Waals surface area contributed by atoms with Crippen molar-refractivity contribution in [1.82, 2.24) is 15.3 Å². The van der Waals surface area contributed by atoms with Crippen molar-refractivity contribution in [2.45, 2.75) is 33.9 Å². The van der Waals surface area contributed by atoms with E-state index < -0.39 is 0 Å². The maximum Gasteiger partial charge on any atom is 0.142 e. The molecule has 0 bridgehead atoms. The van der Waals surface area contributed by atoms with E-state index in [1.165, 1.54) is 0 Å². The van der Waals surface area contributed by atoms with Crippen LogP contribution in [0.1, 0.15) is 30.2 Å². The molecule has 2 rings (SSSR count). The Morgan fingerprint density at radius 3 is 2.90 bits per heavy atom. The molecule has 2 aromatic rings. The molecule has 5 heteroatoms. The summed E-state index contributed by atoms with van der Waals surface area (Å²) in [4.78, 5) is 8.79. The SMILES string of the molecule is Cc1ccc(OCc2nccs2)c(CNCC(C)C)n1. The minimum atomic E-state index is 0.500. The predicted octanol–water partition coefficient (Wildman–Crippen LogP) is 3.17. The average molecular weight is 291 g/mol. The Bertz CT molecular complexity index is 526. The van der Waals surface area contributed by atoms with Crippen molar-refractivity contribution in [1.29, 1.82) is 0 Å². The third-order valence-corrected chi connectivity index (χ3v) is 3.50. The van der Waals surface area contributed by atoms with E-state index in [2.05, 4.69) is 29.1 Å². The first-order chi connectivity index (χ1) is 9.65. The summed E-state index contributed by atoms with van der Waals surface area (Å²) >= 11 is 1.60. The zero-order valence-electron chi connectivity index (χ0n) is 12.2. The van der Waals surface area contributed by atoms with Crippen LogP contribution in [0.25, 0.3) is 0 Å². The molecular formula is C15H21N3OS.